The normalized spacial score (nSPS) is 13.8. The summed E-state index contributed by atoms with van der Waals surface area (Å²) in [4.78, 5) is 0. The maximum absolute atomic E-state index is 14.0. The zero-order chi connectivity index (χ0) is 15.3. The van der Waals surface area contributed by atoms with Gasteiger partial charge in [0.25, 0.3) is 0 Å². The second-order valence-electron chi connectivity index (χ2n) is 4.85. The number of hydrogen-bond donors (Lipinski definition) is 1. The molecule has 0 radical (unpaired) electrons. The fourth-order valence-corrected chi connectivity index (χ4v) is 2.47. The average molecular weight is 291 g/mol. The Morgan fingerprint density at radius 2 is 1.70 bits per heavy atom. The molecular weight excluding hydrogens is 270 g/mol. The van der Waals surface area contributed by atoms with E-state index in [-0.39, 0.29) is 11.5 Å². The van der Waals surface area contributed by atoms with Crippen LogP contribution in [0.5, 0.6) is 0 Å². The minimum atomic E-state index is -4.45. The van der Waals surface area contributed by atoms with Crippen molar-refractivity contribution >= 4 is 0 Å². The highest BCUT2D eigenvalue weighted by Gasteiger charge is 2.32. The SMILES string of the molecule is CCNC(c1cc(C(F)(F)F)ccc1F)C(CC)CC. The summed E-state index contributed by atoms with van der Waals surface area (Å²) in [5.41, 5.74) is -0.696. The van der Waals surface area contributed by atoms with E-state index in [1.54, 1.807) is 0 Å². The molecule has 0 spiro atoms. The minimum Gasteiger partial charge on any atom is -0.310 e. The maximum Gasteiger partial charge on any atom is 0.416 e. The Hall–Kier alpha value is -1.10. The Balaban J connectivity index is 3.24. The molecule has 0 saturated heterocycles. The lowest BCUT2D eigenvalue weighted by atomic mass is 9.87. The van der Waals surface area contributed by atoms with Crippen molar-refractivity contribution in [3.05, 3.63) is 35.1 Å². The molecule has 0 aliphatic rings. The molecule has 1 N–H and O–H groups in total. The Labute approximate surface area is 117 Å². The fourth-order valence-electron chi connectivity index (χ4n) is 2.47. The standard InChI is InChI=1S/C15H21F4N/c1-4-10(5-2)14(20-6-3)12-9-11(15(17,18)19)7-8-13(12)16/h7-10,14,20H,4-6H2,1-3H3. The van der Waals surface area contributed by atoms with Gasteiger partial charge in [-0.15, -0.1) is 0 Å². The van der Waals surface area contributed by atoms with Gasteiger partial charge in [-0.3, -0.25) is 0 Å². The van der Waals surface area contributed by atoms with Gasteiger partial charge in [-0.05, 0) is 30.7 Å². The first-order chi connectivity index (χ1) is 9.35. The van der Waals surface area contributed by atoms with Gasteiger partial charge in [0.2, 0.25) is 0 Å². The Morgan fingerprint density at radius 3 is 2.15 bits per heavy atom. The van der Waals surface area contributed by atoms with Gasteiger partial charge in [0.05, 0.1) is 5.56 Å². The van der Waals surface area contributed by atoms with Gasteiger partial charge in [-0.2, -0.15) is 13.2 Å². The van der Waals surface area contributed by atoms with Crippen LogP contribution in [-0.4, -0.2) is 6.54 Å². The Bertz CT molecular complexity index is 424. The molecule has 20 heavy (non-hydrogen) atoms. The van der Waals surface area contributed by atoms with E-state index in [4.69, 9.17) is 0 Å². The van der Waals surface area contributed by atoms with Gasteiger partial charge >= 0.3 is 6.18 Å². The van der Waals surface area contributed by atoms with Crippen LogP contribution >= 0.6 is 0 Å². The van der Waals surface area contributed by atoms with Crippen LogP contribution in [0.15, 0.2) is 18.2 Å². The van der Waals surface area contributed by atoms with Crippen LogP contribution in [0, 0.1) is 11.7 Å². The second kappa shape index (κ2) is 7.07. The van der Waals surface area contributed by atoms with Crippen molar-refractivity contribution in [2.75, 3.05) is 6.54 Å². The van der Waals surface area contributed by atoms with Crippen molar-refractivity contribution in [3.63, 3.8) is 0 Å². The molecule has 1 rings (SSSR count). The molecular formula is C15H21F4N. The first-order valence-electron chi connectivity index (χ1n) is 6.95. The largest absolute Gasteiger partial charge is 0.416 e. The highest BCUT2D eigenvalue weighted by molar-refractivity contribution is 5.30. The number of benzene rings is 1. The molecule has 1 aromatic carbocycles. The van der Waals surface area contributed by atoms with Crippen molar-refractivity contribution in [1.82, 2.24) is 5.32 Å². The van der Waals surface area contributed by atoms with E-state index >= 15 is 0 Å². The minimum absolute atomic E-state index is 0.105. The lowest BCUT2D eigenvalue weighted by Crippen LogP contribution is -2.29. The van der Waals surface area contributed by atoms with Gasteiger partial charge in [0, 0.05) is 11.6 Å². The van der Waals surface area contributed by atoms with Crippen molar-refractivity contribution in [3.8, 4) is 0 Å². The van der Waals surface area contributed by atoms with E-state index in [0.29, 0.717) is 6.54 Å². The van der Waals surface area contributed by atoms with E-state index in [2.05, 4.69) is 5.32 Å². The third-order valence-corrected chi connectivity index (χ3v) is 3.60. The summed E-state index contributed by atoms with van der Waals surface area (Å²) in [6, 6.07) is 2.23. The molecule has 114 valence electrons. The molecule has 1 nitrogen and oxygen atoms in total. The van der Waals surface area contributed by atoms with E-state index in [1.165, 1.54) is 0 Å². The van der Waals surface area contributed by atoms with Gasteiger partial charge in [0.1, 0.15) is 5.82 Å². The molecule has 0 amide bonds. The third kappa shape index (κ3) is 3.95. The Morgan fingerprint density at radius 1 is 1.10 bits per heavy atom. The quantitative estimate of drug-likeness (QED) is 0.733. The Kier molecular flexibility index (Phi) is 5.99. The highest BCUT2D eigenvalue weighted by Crippen LogP contribution is 2.35. The van der Waals surface area contributed by atoms with Crippen molar-refractivity contribution in [2.45, 2.75) is 45.8 Å². The summed E-state index contributed by atoms with van der Waals surface area (Å²) in [6.07, 6.45) is -2.89. The van der Waals surface area contributed by atoms with Crippen LogP contribution in [0.1, 0.15) is 50.8 Å². The lowest BCUT2D eigenvalue weighted by Gasteiger charge is -2.27. The number of nitrogens with one attached hydrogen (secondary N) is 1. The molecule has 0 aromatic heterocycles. The van der Waals surface area contributed by atoms with Gasteiger partial charge in [0.15, 0.2) is 0 Å². The van der Waals surface area contributed by atoms with Crippen LogP contribution in [0.4, 0.5) is 17.6 Å². The summed E-state index contributed by atoms with van der Waals surface area (Å²) in [5, 5.41) is 3.11. The van der Waals surface area contributed by atoms with Crippen LogP contribution in [0.2, 0.25) is 0 Å². The molecule has 0 heterocycles. The van der Waals surface area contributed by atoms with Crippen molar-refractivity contribution in [1.29, 1.82) is 0 Å². The molecule has 0 fully saturated rings. The van der Waals surface area contributed by atoms with E-state index in [1.807, 2.05) is 20.8 Å². The van der Waals surface area contributed by atoms with Gasteiger partial charge in [-0.25, -0.2) is 4.39 Å². The maximum atomic E-state index is 14.0. The summed E-state index contributed by atoms with van der Waals surface area (Å²) in [7, 11) is 0. The molecule has 1 atom stereocenters. The van der Waals surface area contributed by atoms with Crippen LogP contribution in [0.3, 0.4) is 0 Å². The summed E-state index contributed by atoms with van der Waals surface area (Å²) >= 11 is 0. The molecule has 0 bridgehead atoms. The molecule has 5 heteroatoms. The predicted octanol–water partition coefficient (Wildman–Crippen LogP) is 4.93. The van der Waals surface area contributed by atoms with Crippen molar-refractivity contribution in [2.24, 2.45) is 5.92 Å². The zero-order valence-electron chi connectivity index (χ0n) is 12.0. The summed E-state index contributed by atoms with van der Waals surface area (Å²) in [6.45, 7) is 6.37. The first kappa shape index (κ1) is 17.0. The first-order valence-corrected chi connectivity index (χ1v) is 6.95. The molecule has 0 aliphatic heterocycles. The number of hydrogen-bond acceptors (Lipinski definition) is 1. The molecule has 1 aromatic rings. The summed E-state index contributed by atoms with van der Waals surface area (Å²) in [5.74, 6) is -0.483. The van der Waals surface area contributed by atoms with Crippen LogP contribution < -0.4 is 5.32 Å². The average Bonchev–Trinajstić information content (AvgIpc) is 2.38. The predicted molar refractivity (Wildman–Crippen MR) is 71.9 cm³/mol. The fraction of sp³-hybridized carbons (Fsp3) is 0.600. The molecule has 1 unspecified atom stereocenters. The van der Waals surface area contributed by atoms with Crippen LogP contribution in [0.25, 0.3) is 0 Å². The van der Waals surface area contributed by atoms with Crippen molar-refractivity contribution < 1.29 is 17.6 Å². The van der Waals surface area contributed by atoms with Crippen LogP contribution in [-0.2, 0) is 6.18 Å². The third-order valence-electron chi connectivity index (χ3n) is 3.60. The van der Waals surface area contributed by atoms with Gasteiger partial charge in [-0.1, -0.05) is 33.6 Å². The molecule has 0 aliphatic carbocycles. The highest BCUT2D eigenvalue weighted by atomic mass is 19.4. The lowest BCUT2D eigenvalue weighted by molar-refractivity contribution is -0.137. The topological polar surface area (TPSA) is 12.0 Å². The smallest absolute Gasteiger partial charge is 0.310 e. The van der Waals surface area contributed by atoms with E-state index in [9.17, 15) is 17.6 Å². The van der Waals surface area contributed by atoms with E-state index < -0.39 is 23.6 Å². The molecule has 0 saturated carbocycles. The number of alkyl halides is 3. The van der Waals surface area contributed by atoms with E-state index in [0.717, 1.165) is 31.0 Å². The second-order valence-corrected chi connectivity index (χ2v) is 4.85. The zero-order valence-corrected chi connectivity index (χ0v) is 12.0. The van der Waals surface area contributed by atoms with Gasteiger partial charge < -0.3 is 5.32 Å². The summed E-state index contributed by atoms with van der Waals surface area (Å²) < 4.78 is 52.3. The number of rotatable bonds is 6. The number of halogens is 4. The monoisotopic (exact) mass is 291 g/mol.